The van der Waals surface area contributed by atoms with E-state index in [2.05, 4.69) is 4.98 Å². The maximum atomic E-state index is 12.2. The van der Waals surface area contributed by atoms with Gasteiger partial charge in [-0.15, -0.1) is 0 Å². The fraction of sp³-hybridized carbons (Fsp3) is 0.429. The summed E-state index contributed by atoms with van der Waals surface area (Å²) < 4.78 is 27.4. The lowest BCUT2D eigenvalue weighted by Gasteiger charge is -2.18. The van der Waals surface area contributed by atoms with Crippen LogP contribution in [0, 0.1) is 0 Å². The van der Waals surface area contributed by atoms with E-state index in [1.165, 1.54) is 7.11 Å². The van der Waals surface area contributed by atoms with Crippen molar-refractivity contribution in [1.82, 2.24) is 4.98 Å². The normalized spacial score (nSPS) is 17.9. The first-order chi connectivity index (χ1) is 13.7. The highest BCUT2D eigenvalue weighted by molar-refractivity contribution is 5.86. The molecule has 2 heterocycles. The summed E-state index contributed by atoms with van der Waals surface area (Å²) in [6.07, 6.45) is 2.63. The fourth-order valence-electron chi connectivity index (χ4n) is 3.34. The topological polar surface area (TPSA) is 76.1 Å². The summed E-state index contributed by atoms with van der Waals surface area (Å²) in [7, 11) is 3.04. The molecule has 7 nitrogen and oxygen atoms in total. The quantitative estimate of drug-likeness (QED) is 0.678. The molecule has 1 aliphatic carbocycles. The van der Waals surface area contributed by atoms with E-state index in [-0.39, 0.29) is 5.97 Å². The third-order valence-corrected chi connectivity index (χ3v) is 5.16. The number of hydrogen-bond acceptors (Lipinski definition) is 7. The van der Waals surface area contributed by atoms with E-state index in [0.717, 1.165) is 29.7 Å². The maximum Gasteiger partial charge on any atom is 0.316 e. The minimum absolute atomic E-state index is 0.239. The summed E-state index contributed by atoms with van der Waals surface area (Å²) in [5.74, 6) is 1.10. The van der Waals surface area contributed by atoms with Crippen LogP contribution in [-0.4, -0.2) is 38.4 Å². The van der Waals surface area contributed by atoms with Crippen LogP contribution in [-0.2, 0) is 31.0 Å². The average Bonchev–Trinajstić information content (AvgIpc) is 3.38. The molecule has 0 spiro atoms. The van der Waals surface area contributed by atoms with Crippen LogP contribution < -0.4 is 9.47 Å². The second kappa shape index (κ2) is 7.77. The number of carbonyl (C=O) groups is 1. The van der Waals surface area contributed by atoms with Gasteiger partial charge in [-0.05, 0) is 42.2 Å². The van der Waals surface area contributed by atoms with Gasteiger partial charge in [-0.3, -0.25) is 9.78 Å². The molecule has 0 atom stereocenters. The number of methoxy groups -OCH3 is 2. The number of ether oxygens (including phenoxy) is 5. The van der Waals surface area contributed by atoms with Crippen molar-refractivity contribution in [3.8, 4) is 11.5 Å². The summed E-state index contributed by atoms with van der Waals surface area (Å²) in [5, 5.41) is 0. The Bertz CT molecular complexity index is 840. The molecular weight excluding hydrogens is 362 g/mol. The molecule has 1 aromatic carbocycles. The first kappa shape index (κ1) is 18.7. The van der Waals surface area contributed by atoms with Gasteiger partial charge in [0.1, 0.15) is 23.8 Å². The SMILES string of the molecule is COC(=O)C1(c2cnc(C3OCCO3)c(OCc3ccc(OC)cc3)c2)CC1. The molecule has 0 N–H and O–H groups in total. The van der Waals surface area contributed by atoms with Crippen molar-refractivity contribution >= 4 is 5.97 Å². The second-order valence-electron chi connectivity index (χ2n) is 6.89. The first-order valence-electron chi connectivity index (χ1n) is 9.24. The van der Waals surface area contributed by atoms with Crippen LogP contribution in [0.5, 0.6) is 11.5 Å². The zero-order valence-electron chi connectivity index (χ0n) is 16.0. The van der Waals surface area contributed by atoms with Gasteiger partial charge >= 0.3 is 5.97 Å². The highest BCUT2D eigenvalue weighted by Crippen LogP contribution is 2.50. The number of nitrogens with zero attached hydrogens (tertiary/aromatic N) is 1. The lowest BCUT2D eigenvalue weighted by Crippen LogP contribution is -2.22. The van der Waals surface area contributed by atoms with Gasteiger partial charge in [0.05, 0.1) is 32.8 Å². The van der Waals surface area contributed by atoms with E-state index in [9.17, 15) is 4.79 Å². The van der Waals surface area contributed by atoms with Gasteiger partial charge in [-0.2, -0.15) is 0 Å². The van der Waals surface area contributed by atoms with Crippen LogP contribution in [0.4, 0.5) is 0 Å². The predicted octanol–water partition coefficient (Wildman–Crippen LogP) is 2.92. The molecule has 2 fully saturated rings. The molecule has 148 valence electrons. The van der Waals surface area contributed by atoms with Crippen LogP contribution in [0.25, 0.3) is 0 Å². The van der Waals surface area contributed by atoms with Crippen LogP contribution in [0.3, 0.4) is 0 Å². The van der Waals surface area contributed by atoms with Crippen LogP contribution in [0.15, 0.2) is 36.5 Å². The van der Waals surface area contributed by atoms with E-state index in [1.807, 2.05) is 30.3 Å². The third kappa shape index (κ3) is 3.55. The van der Waals surface area contributed by atoms with Crippen molar-refractivity contribution in [2.45, 2.75) is 31.2 Å². The molecule has 1 aliphatic heterocycles. The maximum absolute atomic E-state index is 12.2. The Labute approximate surface area is 163 Å². The number of esters is 1. The van der Waals surface area contributed by atoms with Crippen molar-refractivity contribution in [2.75, 3.05) is 27.4 Å². The molecule has 0 bridgehead atoms. The third-order valence-electron chi connectivity index (χ3n) is 5.16. The van der Waals surface area contributed by atoms with E-state index in [0.29, 0.717) is 31.3 Å². The summed E-state index contributed by atoms with van der Waals surface area (Å²) in [6.45, 7) is 1.37. The Hall–Kier alpha value is -2.64. The van der Waals surface area contributed by atoms with Gasteiger partial charge < -0.3 is 23.7 Å². The molecule has 0 radical (unpaired) electrons. The van der Waals surface area contributed by atoms with Crippen molar-refractivity contribution < 1.29 is 28.5 Å². The Morgan fingerprint density at radius 2 is 1.89 bits per heavy atom. The molecule has 1 saturated carbocycles. The molecule has 2 aliphatic rings. The molecule has 0 amide bonds. The van der Waals surface area contributed by atoms with Crippen LogP contribution >= 0.6 is 0 Å². The first-order valence-corrected chi connectivity index (χ1v) is 9.24. The van der Waals surface area contributed by atoms with Gasteiger partial charge in [0, 0.05) is 6.20 Å². The molecule has 4 rings (SSSR count). The van der Waals surface area contributed by atoms with Gasteiger partial charge in [0.2, 0.25) is 6.29 Å². The van der Waals surface area contributed by atoms with Crippen molar-refractivity contribution in [3.63, 3.8) is 0 Å². The molecule has 0 unspecified atom stereocenters. The number of pyridine rings is 1. The summed E-state index contributed by atoms with van der Waals surface area (Å²) in [4.78, 5) is 16.8. The van der Waals surface area contributed by atoms with E-state index in [1.54, 1.807) is 13.3 Å². The largest absolute Gasteiger partial charge is 0.497 e. The highest BCUT2D eigenvalue weighted by atomic mass is 16.7. The molecule has 2 aromatic rings. The summed E-state index contributed by atoms with van der Waals surface area (Å²) in [6, 6.07) is 9.51. The zero-order chi connectivity index (χ0) is 19.6. The predicted molar refractivity (Wildman–Crippen MR) is 99.1 cm³/mol. The van der Waals surface area contributed by atoms with E-state index >= 15 is 0 Å². The number of aromatic nitrogens is 1. The Kier molecular flexibility index (Phi) is 5.19. The van der Waals surface area contributed by atoms with Gasteiger partial charge in [-0.1, -0.05) is 12.1 Å². The average molecular weight is 385 g/mol. The van der Waals surface area contributed by atoms with Gasteiger partial charge in [-0.25, -0.2) is 0 Å². The molecule has 7 heteroatoms. The Morgan fingerprint density at radius 1 is 1.18 bits per heavy atom. The number of rotatable bonds is 7. The smallest absolute Gasteiger partial charge is 0.316 e. The molecule has 1 saturated heterocycles. The minimum atomic E-state index is -0.615. The Balaban J connectivity index is 1.60. The number of carbonyl (C=O) groups excluding carboxylic acids is 1. The van der Waals surface area contributed by atoms with Crippen molar-refractivity contribution in [3.05, 3.63) is 53.3 Å². The second-order valence-corrected chi connectivity index (χ2v) is 6.89. The van der Waals surface area contributed by atoms with Crippen LogP contribution in [0.2, 0.25) is 0 Å². The van der Waals surface area contributed by atoms with E-state index < -0.39 is 11.7 Å². The number of hydrogen-bond donors (Lipinski definition) is 0. The van der Waals surface area contributed by atoms with Gasteiger partial charge in [0.15, 0.2) is 0 Å². The van der Waals surface area contributed by atoms with Gasteiger partial charge in [0.25, 0.3) is 0 Å². The lowest BCUT2D eigenvalue weighted by molar-refractivity contribution is -0.143. The monoisotopic (exact) mass is 385 g/mol. The highest BCUT2D eigenvalue weighted by Gasteiger charge is 2.53. The fourth-order valence-corrected chi connectivity index (χ4v) is 3.34. The standard InChI is InChI=1S/C21H23NO6/c1-24-16-5-3-14(4-6-16)13-28-17-11-15(21(7-8-21)20(23)25-2)12-22-18(17)19-26-9-10-27-19/h3-6,11-12,19H,7-10,13H2,1-2H3. The Morgan fingerprint density at radius 3 is 2.50 bits per heavy atom. The summed E-state index contributed by atoms with van der Waals surface area (Å²) >= 11 is 0. The van der Waals surface area contributed by atoms with Crippen molar-refractivity contribution in [1.29, 1.82) is 0 Å². The molecule has 1 aromatic heterocycles. The lowest BCUT2D eigenvalue weighted by atomic mass is 9.97. The minimum Gasteiger partial charge on any atom is -0.497 e. The molecule has 28 heavy (non-hydrogen) atoms. The summed E-state index contributed by atoms with van der Waals surface area (Å²) in [5.41, 5.74) is 1.75. The van der Waals surface area contributed by atoms with E-state index in [4.69, 9.17) is 23.7 Å². The number of benzene rings is 1. The van der Waals surface area contributed by atoms with Crippen molar-refractivity contribution in [2.24, 2.45) is 0 Å². The van der Waals surface area contributed by atoms with Crippen LogP contribution in [0.1, 0.15) is 36.0 Å². The molecular formula is C21H23NO6. The zero-order valence-corrected chi connectivity index (χ0v) is 16.0.